The van der Waals surface area contributed by atoms with Gasteiger partial charge in [-0.25, -0.2) is 14.6 Å². The summed E-state index contributed by atoms with van der Waals surface area (Å²) in [4.78, 5) is 11.0. The number of rotatable bonds is 5. The molecule has 6 heteroatoms. The molecule has 3 heterocycles. The van der Waals surface area contributed by atoms with E-state index in [1.165, 1.54) is 12.0 Å². The van der Waals surface area contributed by atoms with Gasteiger partial charge in [-0.1, -0.05) is 12.1 Å². The average Bonchev–Trinajstić information content (AvgIpc) is 3.06. The summed E-state index contributed by atoms with van der Waals surface area (Å²) in [6, 6.07) is 13.0. The Morgan fingerprint density at radius 1 is 1.11 bits per heavy atom. The number of aryl methyl sites for hydroxylation is 2. The largest absolute Gasteiger partial charge is 0.339 e. The number of aromatic nitrogens is 4. The molecular formula is C21H26N6. The molecule has 0 aliphatic carbocycles. The van der Waals surface area contributed by atoms with Crippen molar-refractivity contribution < 1.29 is 0 Å². The maximum Gasteiger partial charge on any atom is 0.225 e. The van der Waals surface area contributed by atoms with Gasteiger partial charge in [-0.3, -0.25) is 0 Å². The van der Waals surface area contributed by atoms with E-state index in [9.17, 15) is 0 Å². The SMILES string of the molecule is Cc1cc(C)n(-c2cccc(CNC3CCCN(c4ncccn4)C3)c2)n1. The smallest absolute Gasteiger partial charge is 0.225 e. The van der Waals surface area contributed by atoms with Gasteiger partial charge in [0.05, 0.1) is 11.4 Å². The van der Waals surface area contributed by atoms with Crippen molar-refractivity contribution in [3.05, 3.63) is 65.7 Å². The van der Waals surface area contributed by atoms with E-state index in [2.05, 4.69) is 62.5 Å². The molecule has 6 nitrogen and oxygen atoms in total. The lowest BCUT2D eigenvalue weighted by atomic mass is 10.1. The van der Waals surface area contributed by atoms with Crippen LogP contribution in [0.15, 0.2) is 48.8 Å². The van der Waals surface area contributed by atoms with Gasteiger partial charge in [0.2, 0.25) is 5.95 Å². The van der Waals surface area contributed by atoms with Gasteiger partial charge >= 0.3 is 0 Å². The topological polar surface area (TPSA) is 58.9 Å². The standard InChI is InChI=1S/C21H26N6/c1-16-12-17(2)27(25-16)20-8-3-6-18(13-20)14-24-19-7-4-11-26(15-19)21-22-9-5-10-23-21/h3,5-6,8-10,12-13,19,24H,4,7,11,14-15H2,1-2H3. The molecule has 140 valence electrons. The van der Waals surface area contributed by atoms with Crippen molar-refractivity contribution in [2.75, 3.05) is 18.0 Å². The fourth-order valence-electron chi connectivity index (χ4n) is 3.73. The molecule has 0 saturated carbocycles. The second-order valence-corrected chi connectivity index (χ2v) is 7.22. The van der Waals surface area contributed by atoms with Crippen molar-refractivity contribution in [3.63, 3.8) is 0 Å². The third-order valence-corrected chi connectivity index (χ3v) is 5.02. The zero-order chi connectivity index (χ0) is 18.6. The van der Waals surface area contributed by atoms with Crippen LogP contribution in [0.2, 0.25) is 0 Å². The number of hydrogen-bond donors (Lipinski definition) is 1. The second-order valence-electron chi connectivity index (χ2n) is 7.22. The van der Waals surface area contributed by atoms with Crippen molar-refractivity contribution in [1.29, 1.82) is 0 Å². The van der Waals surface area contributed by atoms with Crippen molar-refractivity contribution in [2.45, 2.75) is 39.3 Å². The Kier molecular flexibility index (Phi) is 5.16. The first-order chi connectivity index (χ1) is 13.2. The number of nitrogens with zero attached hydrogens (tertiary/aromatic N) is 5. The molecule has 1 fully saturated rings. The number of benzene rings is 1. The minimum Gasteiger partial charge on any atom is -0.339 e. The highest BCUT2D eigenvalue weighted by molar-refractivity contribution is 5.37. The maximum absolute atomic E-state index is 4.59. The quantitative estimate of drug-likeness (QED) is 0.756. The molecule has 1 saturated heterocycles. The monoisotopic (exact) mass is 362 g/mol. The van der Waals surface area contributed by atoms with Crippen molar-refractivity contribution >= 4 is 5.95 Å². The van der Waals surface area contributed by atoms with Crippen LogP contribution in [0.25, 0.3) is 5.69 Å². The van der Waals surface area contributed by atoms with Crippen LogP contribution >= 0.6 is 0 Å². The Labute approximate surface area is 160 Å². The van der Waals surface area contributed by atoms with E-state index in [-0.39, 0.29) is 0 Å². The van der Waals surface area contributed by atoms with E-state index in [0.29, 0.717) is 6.04 Å². The van der Waals surface area contributed by atoms with Crippen molar-refractivity contribution in [3.8, 4) is 5.69 Å². The van der Waals surface area contributed by atoms with Crippen molar-refractivity contribution in [1.82, 2.24) is 25.1 Å². The fourth-order valence-corrected chi connectivity index (χ4v) is 3.73. The third kappa shape index (κ3) is 4.17. The number of nitrogens with one attached hydrogen (secondary N) is 1. The van der Waals surface area contributed by atoms with E-state index in [1.54, 1.807) is 0 Å². The minimum absolute atomic E-state index is 0.444. The highest BCUT2D eigenvalue weighted by Crippen LogP contribution is 2.17. The normalized spacial score (nSPS) is 17.3. The zero-order valence-electron chi connectivity index (χ0n) is 16.0. The summed E-state index contributed by atoms with van der Waals surface area (Å²) >= 11 is 0. The maximum atomic E-state index is 4.59. The molecule has 27 heavy (non-hydrogen) atoms. The van der Waals surface area contributed by atoms with E-state index in [4.69, 9.17) is 0 Å². The van der Waals surface area contributed by atoms with Crippen LogP contribution in [0, 0.1) is 13.8 Å². The van der Waals surface area contributed by atoms with Crippen LogP contribution in [-0.4, -0.2) is 38.9 Å². The summed E-state index contributed by atoms with van der Waals surface area (Å²) in [6.07, 6.45) is 5.95. The van der Waals surface area contributed by atoms with Gasteiger partial charge in [0.25, 0.3) is 0 Å². The Balaban J connectivity index is 1.40. The molecule has 0 bridgehead atoms. The van der Waals surface area contributed by atoms with Gasteiger partial charge in [0.15, 0.2) is 0 Å². The molecular weight excluding hydrogens is 336 g/mol. The minimum atomic E-state index is 0.444. The predicted molar refractivity (Wildman–Crippen MR) is 107 cm³/mol. The molecule has 1 aliphatic heterocycles. The van der Waals surface area contributed by atoms with Gasteiger partial charge < -0.3 is 10.2 Å². The highest BCUT2D eigenvalue weighted by atomic mass is 15.3. The molecule has 2 aromatic heterocycles. The van der Waals surface area contributed by atoms with Gasteiger partial charge in [-0.2, -0.15) is 5.10 Å². The molecule has 0 radical (unpaired) electrons. The van der Waals surface area contributed by atoms with E-state index >= 15 is 0 Å². The van der Waals surface area contributed by atoms with E-state index in [1.807, 2.05) is 30.1 Å². The van der Waals surface area contributed by atoms with Gasteiger partial charge in [-0.05, 0) is 56.5 Å². The van der Waals surface area contributed by atoms with Gasteiger partial charge in [0, 0.05) is 43.8 Å². The molecule has 1 N–H and O–H groups in total. The molecule has 1 atom stereocenters. The molecule has 3 aromatic rings. The van der Waals surface area contributed by atoms with Crippen LogP contribution in [-0.2, 0) is 6.54 Å². The summed E-state index contributed by atoms with van der Waals surface area (Å²) in [5.41, 5.74) is 4.58. The molecule has 1 unspecified atom stereocenters. The van der Waals surface area contributed by atoms with Crippen LogP contribution in [0.5, 0.6) is 0 Å². The number of anilines is 1. The highest BCUT2D eigenvalue weighted by Gasteiger charge is 2.21. The summed E-state index contributed by atoms with van der Waals surface area (Å²) in [5.74, 6) is 0.829. The fraction of sp³-hybridized carbons (Fsp3) is 0.381. The lowest BCUT2D eigenvalue weighted by Crippen LogP contribution is -2.46. The first-order valence-electron chi connectivity index (χ1n) is 9.57. The van der Waals surface area contributed by atoms with Gasteiger partial charge in [-0.15, -0.1) is 0 Å². The summed E-state index contributed by atoms with van der Waals surface area (Å²) in [5, 5.41) is 8.30. The van der Waals surface area contributed by atoms with Crippen molar-refractivity contribution in [2.24, 2.45) is 0 Å². The summed E-state index contributed by atoms with van der Waals surface area (Å²) in [6.45, 7) is 6.94. The second kappa shape index (κ2) is 7.88. The lowest BCUT2D eigenvalue weighted by Gasteiger charge is -2.33. The molecule has 1 aromatic carbocycles. The van der Waals surface area contributed by atoms with Crippen LogP contribution < -0.4 is 10.2 Å². The average molecular weight is 362 g/mol. The predicted octanol–water partition coefficient (Wildman–Crippen LogP) is 3.04. The Morgan fingerprint density at radius 2 is 1.96 bits per heavy atom. The first kappa shape index (κ1) is 17.7. The Hall–Kier alpha value is -2.73. The lowest BCUT2D eigenvalue weighted by molar-refractivity contribution is 0.418. The first-order valence-corrected chi connectivity index (χ1v) is 9.57. The third-order valence-electron chi connectivity index (χ3n) is 5.02. The van der Waals surface area contributed by atoms with Crippen LogP contribution in [0.4, 0.5) is 5.95 Å². The summed E-state index contributed by atoms with van der Waals surface area (Å²) < 4.78 is 2.01. The Bertz CT molecular complexity index is 889. The van der Waals surface area contributed by atoms with E-state index < -0.39 is 0 Å². The molecule has 0 amide bonds. The molecule has 0 spiro atoms. The van der Waals surface area contributed by atoms with Crippen LogP contribution in [0.1, 0.15) is 29.8 Å². The summed E-state index contributed by atoms with van der Waals surface area (Å²) in [7, 11) is 0. The zero-order valence-corrected chi connectivity index (χ0v) is 16.0. The van der Waals surface area contributed by atoms with Crippen LogP contribution in [0.3, 0.4) is 0 Å². The number of hydrogen-bond acceptors (Lipinski definition) is 5. The van der Waals surface area contributed by atoms with E-state index in [0.717, 1.165) is 49.1 Å². The number of piperidine rings is 1. The molecule has 1 aliphatic rings. The van der Waals surface area contributed by atoms with Gasteiger partial charge in [0.1, 0.15) is 0 Å². The molecule has 4 rings (SSSR count). The Morgan fingerprint density at radius 3 is 2.74 bits per heavy atom.